The molecular formula is C21H22N6O4S. The van der Waals surface area contributed by atoms with Crippen molar-refractivity contribution < 1.29 is 9.53 Å². The van der Waals surface area contributed by atoms with Crippen LogP contribution in [0.4, 0.5) is 5.13 Å². The summed E-state index contributed by atoms with van der Waals surface area (Å²) in [7, 11) is 2.92. The highest BCUT2D eigenvalue weighted by Crippen LogP contribution is 2.26. The maximum absolute atomic E-state index is 12.6. The molecule has 0 aliphatic carbocycles. The molecule has 0 unspecified atom stereocenters. The van der Waals surface area contributed by atoms with Crippen LogP contribution < -0.4 is 21.3 Å². The van der Waals surface area contributed by atoms with Gasteiger partial charge in [0.25, 0.3) is 5.56 Å². The van der Waals surface area contributed by atoms with E-state index in [0.717, 1.165) is 21.6 Å². The fraction of sp³-hybridized carbons (Fsp3) is 0.286. The number of carbonyl (C=O) groups excluding carboxylic acids is 1. The molecule has 1 amide bonds. The van der Waals surface area contributed by atoms with Crippen molar-refractivity contribution in [3.05, 3.63) is 56.8 Å². The van der Waals surface area contributed by atoms with Gasteiger partial charge >= 0.3 is 5.69 Å². The van der Waals surface area contributed by atoms with E-state index < -0.39 is 11.2 Å². The minimum Gasteiger partial charge on any atom is -0.491 e. The molecule has 1 aromatic carbocycles. The van der Waals surface area contributed by atoms with Crippen LogP contribution in [0, 0.1) is 0 Å². The Bertz CT molecular complexity index is 1410. The molecule has 4 rings (SSSR count). The first kappa shape index (κ1) is 21.5. The molecule has 166 valence electrons. The minimum absolute atomic E-state index is 0.0969. The lowest BCUT2D eigenvalue weighted by atomic mass is 10.2. The van der Waals surface area contributed by atoms with Gasteiger partial charge < -0.3 is 14.6 Å². The monoisotopic (exact) mass is 454 g/mol. The van der Waals surface area contributed by atoms with Crippen LogP contribution in [0.3, 0.4) is 0 Å². The van der Waals surface area contributed by atoms with Crippen LogP contribution in [0.5, 0.6) is 5.75 Å². The number of hydrogen-bond acceptors (Lipinski definition) is 7. The predicted octanol–water partition coefficient (Wildman–Crippen LogP) is 1.98. The maximum Gasteiger partial charge on any atom is 0.332 e. The van der Waals surface area contributed by atoms with E-state index in [4.69, 9.17) is 4.74 Å². The Labute approximate surface area is 186 Å². The van der Waals surface area contributed by atoms with E-state index in [-0.39, 0.29) is 29.7 Å². The molecule has 0 radical (unpaired) electrons. The second kappa shape index (κ2) is 8.42. The normalized spacial score (nSPS) is 11.3. The molecule has 3 aromatic heterocycles. The zero-order valence-electron chi connectivity index (χ0n) is 18.0. The van der Waals surface area contributed by atoms with Gasteiger partial charge in [0, 0.05) is 25.0 Å². The van der Waals surface area contributed by atoms with Crippen molar-refractivity contribution in [1.82, 2.24) is 23.7 Å². The van der Waals surface area contributed by atoms with Crippen LogP contribution in [0.2, 0.25) is 0 Å². The van der Waals surface area contributed by atoms with Crippen molar-refractivity contribution >= 4 is 33.5 Å². The van der Waals surface area contributed by atoms with Crippen LogP contribution in [0.1, 0.15) is 13.8 Å². The molecule has 0 fully saturated rings. The lowest BCUT2D eigenvalue weighted by Crippen LogP contribution is -2.37. The number of imidazole rings is 1. The standard InChI is InChI=1S/C21H22N6O4S/c1-12(2)31-14-7-5-13(6-8-14)15-10-32-20(23-15)24-16(28)9-27-11-22-18-17(27)19(29)26(4)21(30)25(18)3/h5-8,10-12H,9H2,1-4H3,(H,23,24,28). The number of nitrogens with zero attached hydrogens (tertiary/aromatic N) is 5. The first-order chi connectivity index (χ1) is 15.2. The third-order valence-corrected chi connectivity index (χ3v) is 5.56. The first-order valence-electron chi connectivity index (χ1n) is 9.88. The zero-order valence-corrected chi connectivity index (χ0v) is 18.8. The summed E-state index contributed by atoms with van der Waals surface area (Å²) in [4.78, 5) is 45.7. The number of aromatic nitrogens is 5. The Morgan fingerprint density at radius 3 is 2.56 bits per heavy atom. The van der Waals surface area contributed by atoms with E-state index in [1.807, 2.05) is 43.5 Å². The number of ether oxygens (including phenoxy) is 1. The number of amides is 1. The fourth-order valence-electron chi connectivity index (χ4n) is 3.27. The molecule has 32 heavy (non-hydrogen) atoms. The highest BCUT2D eigenvalue weighted by atomic mass is 32.1. The summed E-state index contributed by atoms with van der Waals surface area (Å²) >= 11 is 1.30. The first-order valence-corrected chi connectivity index (χ1v) is 10.8. The Kier molecular flexibility index (Phi) is 5.66. The summed E-state index contributed by atoms with van der Waals surface area (Å²) in [6.07, 6.45) is 1.47. The highest BCUT2D eigenvalue weighted by Gasteiger charge is 2.16. The molecule has 10 nitrogen and oxygen atoms in total. The molecule has 0 spiro atoms. The number of nitrogens with one attached hydrogen (secondary N) is 1. The van der Waals surface area contributed by atoms with Gasteiger partial charge in [-0.15, -0.1) is 11.3 Å². The quantitative estimate of drug-likeness (QED) is 0.477. The SMILES string of the molecule is CC(C)Oc1ccc(-c2csc(NC(=O)Cn3cnc4c3c(=O)n(C)c(=O)n4C)n2)cc1. The number of fused-ring (bicyclic) bond motifs is 1. The molecule has 1 N–H and O–H groups in total. The Morgan fingerprint density at radius 2 is 1.88 bits per heavy atom. The average molecular weight is 455 g/mol. The lowest BCUT2D eigenvalue weighted by molar-refractivity contribution is -0.116. The molecule has 0 aliphatic rings. The minimum atomic E-state index is -0.505. The van der Waals surface area contributed by atoms with Gasteiger partial charge in [0.05, 0.1) is 18.1 Å². The molecule has 0 aliphatic heterocycles. The second-order valence-electron chi connectivity index (χ2n) is 7.53. The molecule has 11 heteroatoms. The third kappa shape index (κ3) is 4.06. The molecular weight excluding hydrogens is 432 g/mol. The number of benzene rings is 1. The fourth-order valence-corrected chi connectivity index (χ4v) is 4.01. The molecule has 0 saturated carbocycles. The predicted molar refractivity (Wildman–Crippen MR) is 122 cm³/mol. The maximum atomic E-state index is 12.6. The number of thiazole rings is 1. The van der Waals surface area contributed by atoms with Gasteiger partial charge in [-0.3, -0.25) is 18.7 Å². The number of aryl methyl sites for hydroxylation is 1. The second-order valence-corrected chi connectivity index (χ2v) is 8.39. The number of rotatable bonds is 6. The number of anilines is 1. The Morgan fingerprint density at radius 1 is 1.16 bits per heavy atom. The van der Waals surface area contributed by atoms with Crippen LogP contribution in [-0.2, 0) is 25.4 Å². The topological polar surface area (TPSA) is 113 Å². The smallest absolute Gasteiger partial charge is 0.332 e. The van der Waals surface area contributed by atoms with E-state index in [1.54, 1.807) is 0 Å². The summed E-state index contributed by atoms with van der Waals surface area (Å²) in [6.45, 7) is 3.80. The number of hydrogen-bond donors (Lipinski definition) is 1. The molecule has 0 bridgehead atoms. The Hall–Kier alpha value is -3.73. The van der Waals surface area contributed by atoms with Crippen molar-refractivity contribution in [1.29, 1.82) is 0 Å². The van der Waals surface area contributed by atoms with Gasteiger partial charge in [-0.2, -0.15) is 0 Å². The van der Waals surface area contributed by atoms with Gasteiger partial charge in [0.1, 0.15) is 12.3 Å². The van der Waals surface area contributed by atoms with Crippen molar-refractivity contribution in [2.75, 3.05) is 5.32 Å². The summed E-state index contributed by atoms with van der Waals surface area (Å²) < 4.78 is 9.34. The molecule has 4 aromatic rings. The van der Waals surface area contributed by atoms with Gasteiger partial charge in [-0.05, 0) is 38.1 Å². The molecule has 0 saturated heterocycles. The molecule has 3 heterocycles. The van der Waals surface area contributed by atoms with Gasteiger partial charge in [0.2, 0.25) is 5.91 Å². The van der Waals surface area contributed by atoms with Crippen molar-refractivity contribution in [2.24, 2.45) is 14.1 Å². The van der Waals surface area contributed by atoms with Crippen LogP contribution in [0.15, 0.2) is 45.6 Å². The Balaban J connectivity index is 1.50. The van der Waals surface area contributed by atoms with E-state index >= 15 is 0 Å². The average Bonchev–Trinajstić information content (AvgIpc) is 3.38. The van der Waals surface area contributed by atoms with Crippen molar-refractivity contribution in [2.45, 2.75) is 26.5 Å². The van der Waals surface area contributed by atoms with E-state index in [0.29, 0.717) is 5.13 Å². The summed E-state index contributed by atoms with van der Waals surface area (Å²) in [6, 6.07) is 7.59. The number of carbonyl (C=O) groups is 1. The van der Waals surface area contributed by atoms with Crippen molar-refractivity contribution in [3.8, 4) is 17.0 Å². The molecule has 0 atom stereocenters. The summed E-state index contributed by atoms with van der Waals surface area (Å²) in [5.41, 5.74) is 1.08. The lowest BCUT2D eigenvalue weighted by Gasteiger charge is -2.09. The summed E-state index contributed by atoms with van der Waals surface area (Å²) in [5, 5.41) is 5.05. The third-order valence-electron chi connectivity index (χ3n) is 4.80. The van der Waals surface area contributed by atoms with Gasteiger partial charge in [-0.25, -0.2) is 14.8 Å². The van der Waals surface area contributed by atoms with Gasteiger partial charge in [-0.1, -0.05) is 0 Å². The summed E-state index contributed by atoms with van der Waals surface area (Å²) in [5.74, 6) is 0.422. The van der Waals surface area contributed by atoms with E-state index in [1.165, 1.54) is 40.9 Å². The van der Waals surface area contributed by atoms with Crippen LogP contribution >= 0.6 is 11.3 Å². The largest absolute Gasteiger partial charge is 0.491 e. The highest BCUT2D eigenvalue weighted by molar-refractivity contribution is 7.14. The van der Waals surface area contributed by atoms with E-state index in [2.05, 4.69) is 15.3 Å². The van der Waals surface area contributed by atoms with E-state index in [9.17, 15) is 14.4 Å². The van der Waals surface area contributed by atoms with Crippen molar-refractivity contribution in [3.63, 3.8) is 0 Å². The van der Waals surface area contributed by atoms with Gasteiger partial charge in [0.15, 0.2) is 16.3 Å². The van der Waals surface area contributed by atoms with Crippen LogP contribution in [0.25, 0.3) is 22.4 Å². The zero-order chi connectivity index (χ0) is 23.0. The van der Waals surface area contributed by atoms with Crippen LogP contribution in [-0.4, -0.2) is 35.7 Å².